The highest BCUT2D eigenvalue weighted by Crippen LogP contribution is 2.46. The van der Waals surface area contributed by atoms with E-state index in [2.05, 4.69) is 26.1 Å². The Morgan fingerprint density at radius 3 is 2.27 bits per heavy atom. The van der Waals surface area contributed by atoms with Crippen molar-refractivity contribution in [1.29, 1.82) is 0 Å². The summed E-state index contributed by atoms with van der Waals surface area (Å²) in [4.78, 5) is 11.9. The number of carboxylic acids is 1. The molecular weight excluding hydrogens is 274 g/mol. The summed E-state index contributed by atoms with van der Waals surface area (Å²) in [6.45, 7) is 7.50. The van der Waals surface area contributed by atoms with Crippen molar-refractivity contribution in [3.05, 3.63) is 0 Å². The molecule has 3 heteroatoms. The van der Waals surface area contributed by atoms with Gasteiger partial charge in [-0.15, -0.1) is 0 Å². The van der Waals surface area contributed by atoms with Crippen LogP contribution in [-0.4, -0.2) is 24.7 Å². The van der Waals surface area contributed by atoms with Gasteiger partial charge in [-0.2, -0.15) is 0 Å². The molecule has 0 radical (unpaired) electrons. The van der Waals surface area contributed by atoms with Crippen LogP contribution < -0.4 is 5.32 Å². The first-order valence-corrected chi connectivity index (χ1v) is 9.46. The van der Waals surface area contributed by atoms with Gasteiger partial charge in [-0.3, -0.25) is 4.79 Å². The quantitative estimate of drug-likeness (QED) is 0.602. The Balaban J connectivity index is 0.000000980. The summed E-state index contributed by atoms with van der Waals surface area (Å²) >= 11 is 0. The van der Waals surface area contributed by atoms with E-state index in [0.717, 1.165) is 51.5 Å². The fraction of sp³-hybridized carbons (Fsp3) is 0.947. The van der Waals surface area contributed by atoms with Gasteiger partial charge in [0.25, 0.3) is 0 Å². The highest BCUT2D eigenvalue weighted by molar-refractivity contribution is 5.75. The summed E-state index contributed by atoms with van der Waals surface area (Å²) < 4.78 is 0. The Hall–Kier alpha value is -0.570. The van der Waals surface area contributed by atoms with Crippen molar-refractivity contribution in [3.63, 3.8) is 0 Å². The number of hydrogen-bond acceptors (Lipinski definition) is 2. The minimum absolute atomic E-state index is 0.401. The van der Waals surface area contributed by atoms with Gasteiger partial charge < -0.3 is 10.4 Å². The molecule has 1 aliphatic carbocycles. The number of aliphatic carboxylic acids is 1. The Kier molecular flexibility index (Phi) is 12.6. The molecule has 22 heavy (non-hydrogen) atoms. The van der Waals surface area contributed by atoms with Gasteiger partial charge in [0.1, 0.15) is 0 Å². The maximum atomic E-state index is 11.9. The van der Waals surface area contributed by atoms with Crippen LogP contribution in [0.5, 0.6) is 0 Å². The van der Waals surface area contributed by atoms with Gasteiger partial charge >= 0.3 is 5.97 Å². The maximum Gasteiger partial charge on any atom is 0.309 e. The molecule has 2 unspecified atom stereocenters. The molecule has 0 heterocycles. The van der Waals surface area contributed by atoms with E-state index in [0.29, 0.717) is 5.92 Å². The Labute approximate surface area is 138 Å². The lowest BCUT2D eigenvalue weighted by atomic mass is 9.67. The molecule has 1 fully saturated rings. The third-order valence-electron chi connectivity index (χ3n) is 5.12. The fourth-order valence-corrected chi connectivity index (χ4v) is 3.57. The Morgan fingerprint density at radius 1 is 1.14 bits per heavy atom. The minimum atomic E-state index is -0.515. The molecule has 0 aliphatic heterocycles. The SMILES string of the molecule is CCCCC1CCCCCC1(CCCC)C(=O)O.CCNC. The van der Waals surface area contributed by atoms with Gasteiger partial charge in [-0.1, -0.05) is 65.7 Å². The number of carbonyl (C=O) groups is 1. The molecule has 0 aromatic rings. The molecule has 2 atom stereocenters. The number of hydrogen-bond donors (Lipinski definition) is 2. The normalized spacial score (nSPS) is 25.0. The summed E-state index contributed by atoms with van der Waals surface area (Å²) in [5.74, 6) is -0.0945. The van der Waals surface area contributed by atoms with E-state index in [4.69, 9.17) is 0 Å². The van der Waals surface area contributed by atoms with Crippen molar-refractivity contribution in [3.8, 4) is 0 Å². The second-order valence-electron chi connectivity index (χ2n) is 6.71. The van der Waals surface area contributed by atoms with Crippen molar-refractivity contribution in [2.75, 3.05) is 13.6 Å². The van der Waals surface area contributed by atoms with Gasteiger partial charge in [0, 0.05) is 0 Å². The lowest BCUT2D eigenvalue weighted by molar-refractivity contribution is -0.154. The van der Waals surface area contributed by atoms with Crippen molar-refractivity contribution < 1.29 is 9.90 Å². The van der Waals surface area contributed by atoms with Crippen LogP contribution in [0.3, 0.4) is 0 Å². The van der Waals surface area contributed by atoms with Crippen LogP contribution in [0.1, 0.15) is 91.4 Å². The molecular formula is C19H39NO2. The standard InChI is InChI=1S/C16H30O2.C3H9N/c1-3-5-10-14-11-8-7-9-13-16(14,15(17)18)12-6-4-2;1-3-4-2/h14H,3-13H2,1-2H3,(H,17,18);4H,3H2,1-2H3. The average molecular weight is 314 g/mol. The van der Waals surface area contributed by atoms with E-state index in [1.54, 1.807) is 0 Å². The molecule has 0 spiro atoms. The van der Waals surface area contributed by atoms with Crippen LogP contribution in [0.2, 0.25) is 0 Å². The van der Waals surface area contributed by atoms with Crippen LogP contribution in [0.25, 0.3) is 0 Å². The zero-order chi connectivity index (χ0) is 16.8. The molecule has 2 N–H and O–H groups in total. The Bertz CT molecular complexity index is 279. The maximum absolute atomic E-state index is 11.9. The zero-order valence-electron chi connectivity index (χ0n) is 15.4. The first-order valence-electron chi connectivity index (χ1n) is 9.46. The van der Waals surface area contributed by atoms with Gasteiger partial charge in [-0.05, 0) is 45.2 Å². The predicted molar refractivity (Wildman–Crippen MR) is 95.3 cm³/mol. The third kappa shape index (κ3) is 7.13. The van der Waals surface area contributed by atoms with E-state index < -0.39 is 11.4 Å². The smallest absolute Gasteiger partial charge is 0.309 e. The van der Waals surface area contributed by atoms with Crippen molar-refractivity contribution in [2.45, 2.75) is 91.4 Å². The largest absolute Gasteiger partial charge is 0.481 e. The lowest BCUT2D eigenvalue weighted by Gasteiger charge is -2.36. The lowest BCUT2D eigenvalue weighted by Crippen LogP contribution is -2.38. The number of carboxylic acid groups (broad SMARTS) is 1. The van der Waals surface area contributed by atoms with E-state index in [1.807, 2.05) is 7.05 Å². The Morgan fingerprint density at radius 2 is 1.77 bits per heavy atom. The van der Waals surface area contributed by atoms with Gasteiger partial charge in [0.15, 0.2) is 0 Å². The van der Waals surface area contributed by atoms with Gasteiger partial charge in [-0.25, -0.2) is 0 Å². The van der Waals surface area contributed by atoms with Gasteiger partial charge in [0.2, 0.25) is 0 Å². The summed E-state index contributed by atoms with van der Waals surface area (Å²) in [5, 5.41) is 12.7. The summed E-state index contributed by atoms with van der Waals surface area (Å²) in [7, 11) is 1.93. The highest BCUT2D eigenvalue weighted by atomic mass is 16.4. The minimum Gasteiger partial charge on any atom is -0.481 e. The third-order valence-corrected chi connectivity index (χ3v) is 5.12. The zero-order valence-corrected chi connectivity index (χ0v) is 15.4. The van der Waals surface area contributed by atoms with E-state index >= 15 is 0 Å². The van der Waals surface area contributed by atoms with E-state index in [9.17, 15) is 9.90 Å². The first-order chi connectivity index (χ1) is 10.6. The molecule has 0 bridgehead atoms. The number of unbranched alkanes of at least 4 members (excludes halogenated alkanes) is 2. The van der Waals surface area contributed by atoms with E-state index in [1.165, 1.54) is 25.7 Å². The van der Waals surface area contributed by atoms with Gasteiger partial charge in [0.05, 0.1) is 5.41 Å². The summed E-state index contributed by atoms with van der Waals surface area (Å²) in [6, 6.07) is 0. The molecule has 0 amide bonds. The monoisotopic (exact) mass is 313 g/mol. The molecule has 0 saturated heterocycles. The van der Waals surface area contributed by atoms with Crippen LogP contribution in [0.4, 0.5) is 0 Å². The first kappa shape index (κ1) is 21.4. The van der Waals surface area contributed by atoms with Crippen LogP contribution in [0, 0.1) is 11.3 Å². The van der Waals surface area contributed by atoms with Crippen LogP contribution in [-0.2, 0) is 4.79 Å². The molecule has 132 valence electrons. The molecule has 0 aromatic carbocycles. The second kappa shape index (κ2) is 12.9. The fourth-order valence-electron chi connectivity index (χ4n) is 3.57. The van der Waals surface area contributed by atoms with Crippen LogP contribution >= 0.6 is 0 Å². The average Bonchev–Trinajstić information content (AvgIpc) is 2.74. The molecule has 1 aliphatic rings. The summed E-state index contributed by atoms with van der Waals surface area (Å²) in [6.07, 6.45) is 12.2. The number of rotatable bonds is 8. The predicted octanol–water partition coefficient (Wildman–Crippen LogP) is 5.24. The molecule has 1 rings (SSSR count). The molecule has 3 nitrogen and oxygen atoms in total. The molecule has 0 aromatic heterocycles. The summed E-state index contributed by atoms with van der Waals surface area (Å²) in [5.41, 5.74) is -0.401. The van der Waals surface area contributed by atoms with Crippen molar-refractivity contribution in [2.24, 2.45) is 11.3 Å². The van der Waals surface area contributed by atoms with Crippen molar-refractivity contribution in [1.82, 2.24) is 5.32 Å². The van der Waals surface area contributed by atoms with E-state index in [-0.39, 0.29) is 0 Å². The topological polar surface area (TPSA) is 49.3 Å². The highest BCUT2D eigenvalue weighted by Gasteiger charge is 2.44. The second-order valence-corrected chi connectivity index (χ2v) is 6.71. The molecule has 1 saturated carbocycles. The van der Waals surface area contributed by atoms with Crippen LogP contribution in [0.15, 0.2) is 0 Å². The number of nitrogens with one attached hydrogen (secondary N) is 1. The van der Waals surface area contributed by atoms with Crippen molar-refractivity contribution >= 4 is 5.97 Å².